The first kappa shape index (κ1) is 16.7. The Balaban J connectivity index is 2.33. The van der Waals surface area contributed by atoms with Crippen molar-refractivity contribution in [1.29, 1.82) is 0 Å². The molecule has 24 heavy (non-hydrogen) atoms. The van der Waals surface area contributed by atoms with Crippen LogP contribution in [-0.4, -0.2) is 17.4 Å². The molecule has 3 rings (SSSR count). The van der Waals surface area contributed by atoms with Crippen LogP contribution in [0.25, 0.3) is 22.2 Å². The Bertz CT molecular complexity index is 938. The summed E-state index contributed by atoms with van der Waals surface area (Å²) in [5.74, 6) is -0.111. The van der Waals surface area contributed by atoms with Gasteiger partial charge in [0.1, 0.15) is 0 Å². The highest BCUT2D eigenvalue weighted by Gasteiger charge is 2.19. The number of benzene rings is 2. The van der Waals surface area contributed by atoms with Crippen molar-refractivity contribution in [2.45, 2.75) is 13.8 Å². The van der Waals surface area contributed by atoms with Crippen LogP contribution in [0.3, 0.4) is 0 Å². The van der Waals surface area contributed by atoms with Crippen LogP contribution in [0.15, 0.2) is 42.5 Å². The number of aromatic nitrogens is 1. The fraction of sp³-hybridized carbons (Fsp3) is 0.158. The summed E-state index contributed by atoms with van der Waals surface area (Å²) in [7, 11) is 0. The fourth-order valence-corrected chi connectivity index (χ4v) is 3.29. The SMILES string of the molecule is CCNC(=O)c1c(C)c(-c2ccc(Cl)cc2Cl)nc2ccccc12. The lowest BCUT2D eigenvalue weighted by Gasteiger charge is -2.15. The average Bonchev–Trinajstić information content (AvgIpc) is 2.55. The summed E-state index contributed by atoms with van der Waals surface area (Å²) in [6, 6.07) is 12.9. The van der Waals surface area contributed by atoms with Gasteiger partial charge in [0, 0.05) is 22.5 Å². The second-order valence-electron chi connectivity index (χ2n) is 5.46. The van der Waals surface area contributed by atoms with E-state index in [9.17, 15) is 4.79 Å². The van der Waals surface area contributed by atoms with Gasteiger partial charge in [0.2, 0.25) is 0 Å². The molecule has 5 heteroatoms. The second-order valence-corrected chi connectivity index (χ2v) is 6.30. The minimum absolute atomic E-state index is 0.111. The number of rotatable bonds is 3. The Morgan fingerprint density at radius 1 is 1.17 bits per heavy atom. The maximum Gasteiger partial charge on any atom is 0.252 e. The number of carbonyl (C=O) groups is 1. The number of nitrogens with zero attached hydrogens (tertiary/aromatic N) is 1. The molecule has 3 aromatic rings. The van der Waals surface area contributed by atoms with Crippen LogP contribution >= 0.6 is 23.2 Å². The van der Waals surface area contributed by atoms with E-state index in [2.05, 4.69) is 5.32 Å². The lowest BCUT2D eigenvalue weighted by atomic mass is 9.97. The lowest BCUT2D eigenvalue weighted by molar-refractivity contribution is 0.0957. The molecule has 2 aromatic carbocycles. The van der Waals surface area contributed by atoms with Gasteiger partial charge in [0.25, 0.3) is 5.91 Å². The fourth-order valence-electron chi connectivity index (χ4n) is 2.79. The van der Waals surface area contributed by atoms with Crippen LogP contribution in [-0.2, 0) is 0 Å². The van der Waals surface area contributed by atoms with Crippen molar-refractivity contribution in [2.24, 2.45) is 0 Å². The number of carbonyl (C=O) groups excluding carboxylic acids is 1. The topological polar surface area (TPSA) is 42.0 Å². The number of nitrogens with one attached hydrogen (secondary N) is 1. The molecular weight excluding hydrogens is 343 g/mol. The summed E-state index contributed by atoms with van der Waals surface area (Å²) in [4.78, 5) is 17.3. The Morgan fingerprint density at radius 2 is 1.92 bits per heavy atom. The van der Waals surface area contributed by atoms with Gasteiger partial charge in [-0.2, -0.15) is 0 Å². The molecule has 0 saturated heterocycles. The Kier molecular flexibility index (Phi) is 4.74. The van der Waals surface area contributed by atoms with E-state index in [-0.39, 0.29) is 5.91 Å². The van der Waals surface area contributed by atoms with Crippen molar-refractivity contribution >= 4 is 40.0 Å². The molecule has 0 spiro atoms. The number of hydrogen-bond acceptors (Lipinski definition) is 2. The molecule has 1 N–H and O–H groups in total. The molecule has 1 aromatic heterocycles. The summed E-state index contributed by atoms with van der Waals surface area (Å²) in [5, 5.41) is 4.78. The quantitative estimate of drug-likeness (QED) is 0.693. The van der Waals surface area contributed by atoms with Crippen molar-refractivity contribution in [3.05, 3.63) is 63.6 Å². The van der Waals surface area contributed by atoms with E-state index in [1.807, 2.05) is 44.2 Å². The highest BCUT2D eigenvalue weighted by atomic mass is 35.5. The molecule has 0 aliphatic carbocycles. The number of hydrogen-bond donors (Lipinski definition) is 1. The predicted molar refractivity (Wildman–Crippen MR) is 99.9 cm³/mol. The number of para-hydroxylation sites is 1. The first-order valence-corrected chi connectivity index (χ1v) is 8.41. The van der Waals surface area contributed by atoms with E-state index in [0.29, 0.717) is 27.8 Å². The summed E-state index contributed by atoms with van der Waals surface area (Å²) in [6.07, 6.45) is 0. The Hall–Kier alpha value is -2.10. The summed E-state index contributed by atoms with van der Waals surface area (Å²) < 4.78 is 0. The van der Waals surface area contributed by atoms with Crippen LogP contribution in [0.4, 0.5) is 0 Å². The van der Waals surface area contributed by atoms with Gasteiger partial charge >= 0.3 is 0 Å². The first-order chi connectivity index (χ1) is 11.5. The minimum Gasteiger partial charge on any atom is -0.352 e. The van der Waals surface area contributed by atoms with Crippen molar-refractivity contribution < 1.29 is 4.79 Å². The summed E-state index contributed by atoms with van der Waals surface area (Å²) >= 11 is 12.3. The van der Waals surface area contributed by atoms with Gasteiger partial charge in [0.05, 0.1) is 21.8 Å². The van der Waals surface area contributed by atoms with Gasteiger partial charge in [-0.05, 0) is 43.7 Å². The van der Waals surface area contributed by atoms with Gasteiger partial charge in [-0.25, -0.2) is 4.98 Å². The molecule has 1 amide bonds. The zero-order valence-corrected chi connectivity index (χ0v) is 14.9. The van der Waals surface area contributed by atoms with Crippen molar-refractivity contribution in [1.82, 2.24) is 10.3 Å². The van der Waals surface area contributed by atoms with Crippen LogP contribution < -0.4 is 5.32 Å². The van der Waals surface area contributed by atoms with Crippen LogP contribution in [0, 0.1) is 6.92 Å². The number of pyridine rings is 1. The van der Waals surface area contributed by atoms with E-state index < -0.39 is 0 Å². The largest absolute Gasteiger partial charge is 0.352 e. The predicted octanol–water partition coefficient (Wildman–Crippen LogP) is 5.27. The third-order valence-corrected chi connectivity index (χ3v) is 4.43. The molecule has 0 fully saturated rings. The van der Waals surface area contributed by atoms with E-state index in [0.717, 1.165) is 22.0 Å². The highest BCUT2D eigenvalue weighted by Crippen LogP contribution is 2.34. The van der Waals surface area contributed by atoms with Gasteiger partial charge in [-0.3, -0.25) is 4.79 Å². The summed E-state index contributed by atoms with van der Waals surface area (Å²) in [6.45, 7) is 4.35. The minimum atomic E-state index is -0.111. The maximum absolute atomic E-state index is 12.6. The van der Waals surface area contributed by atoms with E-state index in [4.69, 9.17) is 28.2 Å². The van der Waals surface area contributed by atoms with Crippen molar-refractivity contribution in [3.8, 4) is 11.3 Å². The zero-order valence-electron chi connectivity index (χ0n) is 13.4. The van der Waals surface area contributed by atoms with E-state index in [1.165, 1.54) is 0 Å². The van der Waals surface area contributed by atoms with Crippen LogP contribution in [0.2, 0.25) is 10.0 Å². The van der Waals surface area contributed by atoms with Crippen molar-refractivity contribution in [3.63, 3.8) is 0 Å². The molecule has 122 valence electrons. The number of fused-ring (bicyclic) bond motifs is 1. The average molecular weight is 359 g/mol. The third kappa shape index (κ3) is 2.97. The van der Waals surface area contributed by atoms with Gasteiger partial charge in [-0.1, -0.05) is 41.4 Å². The molecule has 0 aliphatic heterocycles. The van der Waals surface area contributed by atoms with Gasteiger partial charge < -0.3 is 5.32 Å². The molecular formula is C19H16Cl2N2O. The molecule has 0 atom stereocenters. The van der Waals surface area contributed by atoms with E-state index in [1.54, 1.807) is 12.1 Å². The zero-order chi connectivity index (χ0) is 17.3. The van der Waals surface area contributed by atoms with Crippen LogP contribution in [0.5, 0.6) is 0 Å². The summed E-state index contributed by atoms with van der Waals surface area (Å²) in [5.41, 5.74) is 3.63. The smallest absolute Gasteiger partial charge is 0.252 e. The number of halogens is 2. The molecule has 3 nitrogen and oxygen atoms in total. The molecule has 0 saturated carbocycles. The normalized spacial score (nSPS) is 10.8. The molecule has 0 bridgehead atoms. The highest BCUT2D eigenvalue weighted by molar-refractivity contribution is 6.36. The van der Waals surface area contributed by atoms with Gasteiger partial charge in [0.15, 0.2) is 0 Å². The van der Waals surface area contributed by atoms with Crippen LogP contribution in [0.1, 0.15) is 22.8 Å². The maximum atomic E-state index is 12.6. The standard InChI is InChI=1S/C19H16Cl2N2O/c1-3-22-19(24)17-11(2)18(13-9-8-12(20)10-15(13)21)23-16-7-5-4-6-14(16)17/h4-10H,3H2,1-2H3,(H,22,24). The van der Waals surface area contributed by atoms with Crippen molar-refractivity contribution in [2.75, 3.05) is 6.54 Å². The molecule has 0 aliphatic rings. The second kappa shape index (κ2) is 6.80. The molecule has 1 heterocycles. The monoisotopic (exact) mass is 358 g/mol. The lowest BCUT2D eigenvalue weighted by Crippen LogP contribution is -2.24. The molecule has 0 radical (unpaired) electrons. The Labute approximate surface area is 150 Å². The third-order valence-electron chi connectivity index (χ3n) is 3.89. The number of amides is 1. The van der Waals surface area contributed by atoms with Gasteiger partial charge in [-0.15, -0.1) is 0 Å². The van der Waals surface area contributed by atoms with E-state index >= 15 is 0 Å². The Morgan fingerprint density at radius 3 is 2.62 bits per heavy atom. The molecule has 0 unspecified atom stereocenters. The first-order valence-electron chi connectivity index (χ1n) is 7.66.